The molecule has 0 aromatic heterocycles. The molecular weight excluding hydrogens is 289 g/mol. The van der Waals surface area contributed by atoms with Crippen molar-refractivity contribution in [3.63, 3.8) is 0 Å². The molecule has 0 heterocycles. The van der Waals surface area contributed by atoms with Crippen LogP contribution in [0, 0.1) is 24.2 Å². The Balaban J connectivity index is 4.60. The quantitative estimate of drug-likeness (QED) is 0.421. The molecule has 3 N–H and O–H groups in total. The first-order chi connectivity index (χ1) is 9.81. The van der Waals surface area contributed by atoms with Crippen molar-refractivity contribution in [1.29, 1.82) is 0 Å². The smallest absolute Gasteiger partial charge is 0.442 e. The minimum atomic E-state index is -5.13. The van der Waals surface area contributed by atoms with Crippen LogP contribution in [0.15, 0.2) is 0 Å². The number of terminal acetylenes is 1. The highest BCUT2D eigenvalue weighted by atomic mass is 19.4. The number of amides is 1. The number of halogens is 3. The molecule has 8 heteroatoms. The number of nitrogens with two attached hydrogens (primary N) is 1. The standard InChI is InChI=1S/C13H15F3N2O3/c1-2-3-5-10(21-12(20)13(14,15)16)6-7-11(19)18-9-4-8-17/h1,10H,3-5,8-9,17H2,(H,18,19). The fraction of sp³-hybridized carbons (Fsp3) is 0.538. The van der Waals surface area contributed by atoms with Gasteiger partial charge in [0.05, 0.1) is 0 Å². The normalized spacial score (nSPS) is 11.6. The molecule has 1 atom stereocenters. The van der Waals surface area contributed by atoms with Crippen molar-refractivity contribution in [2.45, 2.75) is 31.5 Å². The maximum absolute atomic E-state index is 12.1. The summed E-state index contributed by atoms with van der Waals surface area (Å²) in [6, 6.07) is 0. The molecule has 21 heavy (non-hydrogen) atoms. The van der Waals surface area contributed by atoms with Crippen molar-refractivity contribution < 1.29 is 27.5 Å². The summed E-state index contributed by atoms with van der Waals surface area (Å²) in [7, 11) is 0. The Morgan fingerprint density at radius 2 is 2.05 bits per heavy atom. The zero-order valence-corrected chi connectivity index (χ0v) is 11.1. The lowest BCUT2D eigenvalue weighted by atomic mass is 10.2. The summed E-state index contributed by atoms with van der Waals surface area (Å²) in [5, 5.41) is 2.38. The van der Waals surface area contributed by atoms with Gasteiger partial charge in [0.25, 0.3) is 5.91 Å². The highest BCUT2D eigenvalue weighted by molar-refractivity contribution is 5.93. The van der Waals surface area contributed by atoms with Crippen LogP contribution in [-0.4, -0.2) is 37.2 Å². The first-order valence-electron chi connectivity index (χ1n) is 6.02. The van der Waals surface area contributed by atoms with Crippen LogP contribution < -0.4 is 11.1 Å². The minimum absolute atomic E-state index is 0.0548. The van der Waals surface area contributed by atoms with E-state index in [9.17, 15) is 22.8 Å². The second-order valence-corrected chi connectivity index (χ2v) is 3.80. The summed E-state index contributed by atoms with van der Waals surface area (Å²) >= 11 is 0. The zero-order chi connectivity index (χ0) is 16.3. The summed E-state index contributed by atoms with van der Waals surface area (Å²) in [5.41, 5.74) is 5.22. The van der Waals surface area contributed by atoms with E-state index in [4.69, 9.17) is 12.2 Å². The monoisotopic (exact) mass is 304 g/mol. The number of ether oxygens (including phenoxy) is 1. The predicted molar refractivity (Wildman–Crippen MR) is 68.5 cm³/mol. The van der Waals surface area contributed by atoms with E-state index in [2.05, 4.69) is 27.8 Å². The fourth-order valence-electron chi connectivity index (χ4n) is 1.07. The number of hydrogen-bond donors (Lipinski definition) is 2. The first kappa shape index (κ1) is 18.8. The molecule has 0 aliphatic carbocycles. The highest BCUT2D eigenvalue weighted by Crippen LogP contribution is 2.18. The van der Waals surface area contributed by atoms with E-state index in [0.29, 0.717) is 19.5 Å². The average Bonchev–Trinajstić information content (AvgIpc) is 2.40. The van der Waals surface area contributed by atoms with Gasteiger partial charge in [-0.15, -0.1) is 12.3 Å². The van der Waals surface area contributed by atoms with Crippen molar-refractivity contribution in [3.05, 3.63) is 0 Å². The van der Waals surface area contributed by atoms with Crippen LogP contribution in [0.5, 0.6) is 0 Å². The average molecular weight is 304 g/mol. The molecule has 0 aliphatic rings. The molecule has 0 fully saturated rings. The maximum Gasteiger partial charge on any atom is 0.490 e. The molecule has 0 saturated carbocycles. The molecule has 0 radical (unpaired) electrons. The Labute approximate surface area is 120 Å². The lowest BCUT2D eigenvalue weighted by Crippen LogP contribution is -2.30. The Hall–Kier alpha value is -2.19. The Morgan fingerprint density at radius 3 is 2.57 bits per heavy atom. The fourth-order valence-corrected chi connectivity index (χ4v) is 1.07. The zero-order valence-electron chi connectivity index (χ0n) is 11.1. The van der Waals surface area contributed by atoms with Crippen LogP contribution >= 0.6 is 0 Å². The third-order valence-corrected chi connectivity index (χ3v) is 2.04. The van der Waals surface area contributed by atoms with E-state index in [1.807, 2.05) is 0 Å². The summed E-state index contributed by atoms with van der Waals surface area (Å²) in [6.45, 7) is 0.670. The molecule has 116 valence electrons. The van der Waals surface area contributed by atoms with E-state index in [1.165, 1.54) is 0 Å². The number of alkyl halides is 3. The number of carbonyl (C=O) groups is 2. The van der Waals surface area contributed by atoms with Gasteiger partial charge in [-0.05, 0) is 24.8 Å². The topological polar surface area (TPSA) is 81.4 Å². The summed E-state index contributed by atoms with van der Waals surface area (Å²) in [6.07, 6.45) is -1.04. The maximum atomic E-state index is 12.1. The third-order valence-electron chi connectivity index (χ3n) is 2.04. The molecule has 0 saturated heterocycles. The number of hydrogen-bond acceptors (Lipinski definition) is 4. The van der Waals surface area contributed by atoms with E-state index in [0.717, 1.165) is 0 Å². The molecule has 0 aliphatic heterocycles. The summed E-state index contributed by atoms with van der Waals surface area (Å²) < 4.78 is 40.4. The van der Waals surface area contributed by atoms with Gasteiger partial charge in [0.1, 0.15) is 0 Å². The van der Waals surface area contributed by atoms with Gasteiger partial charge in [-0.1, -0.05) is 0 Å². The Kier molecular flexibility index (Phi) is 8.66. The van der Waals surface area contributed by atoms with Gasteiger partial charge in [-0.2, -0.15) is 13.2 Å². The van der Waals surface area contributed by atoms with E-state index in [1.54, 1.807) is 0 Å². The molecule has 5 nitrogen and oxygen atoms in total. The number of rotatable bonds is 6. The Bertz CT molecular complexity index is 458. The number of nitrogens with one attached hydrogen (secondary N) is 1. The van der Waals surface area contributed by atoms with E-state index < -0.39 is 24.2 Å². The second-order valence-electron chi connectivity index (χ2n) is 3.80. The van der Waals surface area contributed by atoms with Crippen molar-refractivity contribution in [1.82, 2.24) is 5.32 Å². The molecular formula is C13H15F3N2O3. The highest BCUT2D eigenvalue weighted by Gasteiger charge is 2.42. The molecule has 0 bridgehead atoms. The van der Waals surface area contributed by atoms with Crippen molar-refractivity contribution in [2.24, 2.45) is 5.73 Å². The Morgan fingerprint density at radius 1 is 1.38 bits per heavy atom. The first-order valence-corrected chi connectivity index (χ1v) is 6.02. The van der Waals surface area contributed by atoms with Gasteiger partial charge >= 0.3 is 12.1 Å². The number of carbonyl (C=O) groups excluding carboxylic acids is 2. The van der Waals surface area contributed by atoms with Gasteiger partial charge in [0, 0.05) is 19.4 Å². The third kappa shape index (κ3) is 9.36. The van der Waals surface area contributed by atoms with Crippen LogP contribution in [-0.2, 0) is 14.3 Å². The van der Waals surface area contributed by atoms with Gasteiger partial charge in [-0.3, -0.25) is 4.79 Å². The minimum Gasteiger partial charge on any atom is -0.442 e. The number of esters is 1. The predicted octanol–water partition coefficient (Wildman–Crippen LogP) is 0.342. The molecule has 0 spiro atoms. The largest absolute Gasteiger partial charge is 0.490 e. The van der Waals surface area contributed by atoms with Crippen LogP contribution in [0.25, 0.3) is 0 Å². The van der Waals surface area contributed by atoms with Crippen LogP contribution in [0.4, 0.5) is 13.2 Å². The van der Waals surface area contributed by atoms with Crippen LogP contribution in [0.2, 0.25) is 0 Å². The van der Waals surface area contributed by atoms with Gasteiger partial charge < -0.3 is 15.8 Å². The van der Waals surface area contributed by atoms with Crippen molar-refractivity contribution in [3.8, 4) is 24.2 Å². The molecule has 1 amide bonds. The van der Waals surface area contributed by atoms with Gasteiger partial charge in [0.2, 0.25) is 0 Å². The lowest BCUT2D eigenvalue weighted by molar-refractivity contribution is -0.202. The molecule has 0 aromatic rings. The second kappa shape index (κ2) is 9.67. The van der Waals surface area contributed by atoms with E-state index >= 15 is 0 Å². The van der Waals surface area contributed by atoms with Crippen molar-refractivity contribution in [2.75, 3.05) is 13.1 Å². The molecule has 0 rings (SSSR count). The van der Waals surface area contributed by atoms with Crippen LogP contribution in [0.3, 0.4) is 0 Å². The lowest BCUT2D eigenvalue weighted by Gasteiger charge is -2.12. The summed E-state index contributed by atoms with van der Waals surface area (Å²) in [4.78, 5) is 22.0. The SMILES string of the molecule is C#CCCC(C#CC(=O)NCCCN)OC(=O)C(F)(F)F. The molecule has 1 unspecified atom stereocenters. The van der Waals surface area contributed by atoms with Crippen molar-refractivity contribution >= 4 is 11.9 Å². The molecule has 0 aromatic carbocycles. The van der Waals surface area contributed by atoms with Gasteiger partial charge in [-0.25, -0.2) is 4.79 Å². The summed E-state index contributed by atoms with van der Waals surface area (Å²) in [5.74, 6) is 3.32. The van der Waals surface area contributed by atoms with E-state index in [-0.39, 0.29) is 12.8 Å². The van der Waals surface area contributed by atoms with Crippen LogP contribution in [0.1, 0.15) is 19.3 Å². The van der Waals surface area contributed by atoms with Gasteiger partial charge in [0.15, 0.2) is 6.10 Å².